The first kappa shape index (κ1) is 20.3. The molecule has 0 saturated carbocycles. The number of hydrogen-bond donors (Lipinski definition) is 0. The summed E-state index contributed by atoms with van der Waals surface area (Å²) in [5.41, 5.74) is 5.73. The number of aliphatic imine (C=N–C) groups is 1. The van der Waals surface area contributed by atoms with Crippen molar-refractivity contribution >= 4 is 23.5 Å². The Kier molecular flexibility index (Phi) is 5.55. The van der Waals surface area contributed by atoms with Crippen molar-refractivity contribution in [2.75, 3.05) is 26.2 Å². The summed E-state index contributed by atoms with van der Waals surface area (Å²) in [7, 11) is 0. The van der Waals surface area contributed by atoms with E-state index < -0.39 is 0 Å². The summed E-state index contributed by atoms with van der Waals surface area (Å²) in [6.45, 7) is 6.85. The lowest BCUT2D eigenvalue weighted by Gasteiger charge is -2.45. The van der Waals surface area contributed by atoms with E-state index in [4.69, 9.17) is 16.6 Å². The molecule has 2 aromatic rings. The van der Waals surface area contributed by atoms with Crippen molar-refractivity contribution in [3.63, 3.8) is 0 Å². The maximum Gasteiger partial charge on any atom is 0.259 e. The molecule has 0 N–H and O–H groups in total. The van der Waals surface area contributed by atoms with Crippen LogP contribution < -0.4 is 0 Å². The average molecular weight is 435 g/mol. The minimum Gasteiger partial charge on any atom is -0.315 e. The zero-order valence-electron chi connectivity index (χ0n) is 17.9. The third-order valence-corrected chi connectivity index (χ3v) is 6.49. The predicted molar refractivity (Wildman–Crippen MR) is 124 cm³/mol. The van der Waals surface area contributed by atoms with Crippen molar-refractivity contribution in [3.05, 3.63) is 81.5 Å². The highest BCUT2D eigenvalue weighted by Gasteiger charge is 2.40. The van der Waals surface area contributed by atoms with Gasteiger partial charge < -0.3 is 4.90 Å². The highest BCUT2D eigenvalue weighted by atomic mass is 35.5. The first-order valence-electron chi connectivity index (χ1n) is 11.0. The molecule has 0 unspecified atom stereocenters. The van der Waals surface area contributed by atoms with Crippen molar-refractivity contribution < 1.29 is 4.79 Å². The van der Waals surface area contributed by atoms with Gasteiger partial charge in [-0.2, -0.15) is 0 Å². The van der Waals surface area contributed by atoms with Crippen LogP contribution >= 0.6 is 11.6 Å². The van der Waals surface area contributed by atoms with Gasteiger partial charge in [0.25, 0.3) is 5.91 Å². The first-order chi connectivity index (χ1) is 15.1. The SMILES string of the molecule is Cc1cccc(CN2CCC3=C(C2)C(=O)N(Cc2ccc(Cl)cc2)C2=NCCCN23)c1. The summed E-state index contributed by atoms with van der Waals surface area (Å²) < 4.78 is 0. The third-order valence-electron chi connectivity index (χ3n) is 6.24. The van der Waals surface area contributed by atoms with E-state index in [1.807, 2.05) is 29.2 Å². The Hall–Kier alpha value is -2.63. The number of carbonyl (C=O) groups excluding carboxylic acids is 1. The maximum absolute atomic E-state index is 13.6. The van der Waals surface area contributed by atoms with Gasteiger partial charge >= 0.3 is 0 Å². The van der Waals surface area contributed by atoms with E-state index in [9.17, 15) is 4.79 Å². The number of rotatable bonds is 4. The Bertz CT molecular complexity index is 1060. The molecule has 0 fully saturated rings. The van der Waals surface area contributed by atoms with Crippen molar-refractivity contribution in [2.45, 2.75) is 32.9 Å². The van der Waals surface area contributed by atoms with Gasteiger partial charge in [0.2, 0.25) is 5.96 Å². The smallest absolute Gasteiger partial charge is 0.259 e. The Labute approximate surface area is 188 Å². The lowest BCUT2D eigenvalue weighted by molar-refractivity contribution is -0.125. The Morgan fingerprint density at radius 1 is 1.03 bits per heavy atom. The molecule has 5 rings (SSSR count). The van der Waals surface area contributed by atoms with Gasteiger partial charge in [-0.25, -0.2) is 0 Å². The fourth-order valence-corrected chi connectivity index (χ4v) is 4.88. The predicted octanol–water partition coefficient (Wildman–Crippen LogP) is 4.21. The molecule has 1 amide bonds. The molecule has 2 aromatic carbocycles. The molecule has 5 nitrogen and oxygen atoms in total. The van der Waals surface area contributed by atoms with E-state index in [2.05, 4.69) is 41.0 Å². The topological polar surface area (TPSA) is 39.2 Å². The maximum atomic E-state index is 13.6. The highest BCUT2D eigenvalue weighted by molar-refractivity contribution is 6.30. The van der Waals surface area contributed by atoms with Gasteiger partial charge in [0.15, 0.2) is 0 Å². The molecule has 0 saturated heterocycles. The number of nitrogens with zero attached hydrogens (tertiary/aromatic N) is 4. The Morgan fingerprint density at radius 2 is 1.87 bits per heavy atom. The molecule has 160 valence electrons. The van der Waals surface area contributed by atoms with E-state index in [0.29, 0.717) is 18.1 Å². The number of benzene rings is 2. The van der Waals surface area contributed by atoms with Crippen molar-refractivity contribution in [1.29, 1.82) is 0 Å². The zero-order valence-corrected chi connectivity index (χ0v) is 18.6. The van der Waals surface area contributed by atoms with Crippen molar-refractivity contribution in [1.82, 2.24) is 14.7 Å². The lowest BCUT2D eigenvalue weighted by Crippen LogP contribution is -2.56. The van der Waals surface area contributed by atoms with Crippen LogP contribution in [0.3, 0.4) is 0 Å². The fraction of sp³-hybridized carbons (Fsp3) is 0.360. The number of amides is 1. The second-order valence-corrected chi connectivity index (χ2v) is 9.02. The van der Waals surface area contributed by atoms with Gasteiger partial charge in [-0.05, 0) is 36.6 Å². The summed E-state index contributed by atoms with van der Waals surface area (Å²) >= 11 is 6.05. The molecule has 0 aromatic heterocycles. The standard InChI is InChI=1S/C25H27ClN4O/c1-18-4-2-5-20(14-18)15-28-13-10-23-22(17-28)24(31)30(25-27-11-3-12-29(23)25)16-19-6-8-21(26)9-7-19/h2,4-9,14H,3,10-13,15-17H2,1H3. The zero-order chi connectivity index (χ0) is 21.4. The molecule has 31 heavy (non-hydrogen) atoms. The molecule has 0 aliphatic carbocycles. The number of aryl methyl sites for hydroxylation is 1. The van der Waals surface area contributed by atoms with Gasteiger partial charge in [0.05, 0.1) is 12.1 Å². The second kappa shape index (κ2) is 8.48. The lowest BCUT2D eigenvalue weighted by atomic mass is 9.99. The average Bonchev–Trinajstić information content (AvgIpc) is 2.78. The van der Waals surface area contributed by atoms with Gasteiger partial charge in [-0.3, -0.25) is 19.6 Å². The van der Waals surface area contributed by atoms with Crippen LogP contribution in [0.25, 0.3) is 0 Å². The molecule has 3 aliphatic rings. The van der Waals surface area contributed by atoms with Crippen LogP contribution in [0.5, 0.6) is 0 Å². The summed E-state index contributed by atoms with van der Waals surface area (Å²) in [4.78, 5) is 24.9. The van der Waals surface area contributed by atoms with Crippen LogP contribution in [0.2, 0.25) is 5.02 Å². The summed E-state index contributed by atoms with van der Waals surface area (Å²) in [5.74, 6) is 0.910. The quantitative estimate of drug-likeness (QED) is 0.723. The van der Waals surface area contributed by atoms with Gasteiger partial charge in [0.1, 0.15) is 0 Å². The Balaban J connectivity index is 1.42. The summed E-state index contributed by atoms with van der Waals surface area (Å²) in [6, 6.07) is 16.3. The van der Waals surface area contributed by atoms with Crippen LogP contribution in [-0.2, 0) is 17.9 Å². The molecule has 3 aliphatic heterocycles. The summed E-state index contributed by atoms with van der Waals surface area (Å²) in [6.07, 6.45) is 1.91. The largest absolute Gasteiger partial charge is 0.315 e. The molecule has 6 heteroatoms. The second-order valence-electron chi connectivity index (χ2n) is 8.58. The van der Waals surface area contributed by atoms with E-state index >= 15 is 0 Å². The third kappa shape index (κ3) is 4.12. The molecular formula is C25H27ClN4O. The molecule has 0 spiro atoms. The van der Waals surface area contributed by atoms with E-state index in [1.54, 1.807) is 0 Å². The highest BCUT2D eigenvalue weighted by Crippen LogP contribution is 2.32. The number of carbonyl (C=O) groups is 1. The normalized spacial score (nSPS) is 19.3. The number of fused-ring (bicyclic) bond motifs is 2. The van der Waals surface area contributed by atoms with E-state index in [1.165, 1.54) is 16.8 Å². The molecule has 0 bridgehead atoms. The monoisotopic (exact) mass is 434 g/mol. The van der Waals surface area contributed by atoms with Crippen LogP contribution in [0.1, 0.15) is 29.5 Å². The van der Waals surface area contributed by atoms with Crippen LogP contribution in [0, 0.1) is 6.92 Å². The van der Waals surface area contributed by atoms with E-state index in [0.717, 1.165) is 56.1 Å². The molecule has 0 atom stereocenters. The number of guanidine groups is 1. The van der Waals surface area contributed by atoms with Crippen molar-refractivity contribution in [2.24, 2.45) is 4.99 Å². The molecule has 3 heterocycles. The minimum absolute atomic E-state index is 0.0933. The molecular weight excluding hydrogens is 408 g/mol. The minimum atomic E-state index is 0.0933. The first-order valence-corrected chi connectivity index (χ1v) is 11.3. The van der Waals surface area contributed by atoms with Crippen molar-refractivity contribution in [3.8, 4) is 0 Å². The van der Waals surface area contributed by atoms with Gasteiger partial charge in [-0.1, -0.05) is 53.6 Å². The van der Waals surface area contributed by atoms with Crippen LogP contribution in [-0.4, -0.2) is 52.7 Å². The summed E-state index contributed by atoms with van der Waals surface area (Å²) in [5, 5.41) is 0.703. The van der Waals surface area contributed by atoms with Crippen LogP contribution in [0.4, 0.5) is 0 Å². The van der Waals surface area contributed by atoms with E-state index in [-0.39, 0.29) is 5.91 Å². The Morgan fingerprint density at radius 3 is 2.68 bits per heavy atom. The van der Waals surface area contributed by atoms with Crippen LogP contribution in [0.15, 0.2) is 64.8 Å². The fourth-order valence-electron chi connectivity index (χ4n) is 4.75. The molecule has 0 radical (unpaired) electrons. The number of hydrogen-bond acceptors (Lipinski definition) is 4. The van der Waals surface area contributed by atoms with Gasteiger partial charge in [0, 0.05) is 49.9 Å². The van der Waals surface area contributed by atoms with Gasteiger partial charge in [-0.15, -0.1) is 0 Å². The number of halogens is 1.